The van der Waals surface area contributed by atoms with Crippen LogP contribution in [0.1, 0.15) is 11.1 Å². The Bertz CT molecular complexity index is 920. The van der Waals surface area contributed by atoms with E-state index < -0.39 is 0 Å². The van der Waals surface area contributed by atoms with Crippen molar-refractivity contribution in [2.45, 2.75) is 6.42 Å². The monoisotopic (exact) mass is 396 g/mol. The van der Waals surface area contributed by atoms with Crippen LogP contribution in [0.3, 0.4) is 0 Å². The molecule has 0 aliphatic heterocycles. The zero-order chi connectivity index (χ0) is 19.9. The molecule has 3 aromatic rings. The molecule has 3 rings (SSSR count). The Labute approximate surface area is 170 Å². The van der Waals surface area contributed by atoms with Gasteiger partial charge in [0.15, 0.2) is 0 Å². The maximum atomic E-state index is 5.53. The van der Waals surface area contributed by atoms with Gasteiger partial charge in [0.05, 0.1) is 28.4 Å². The molecule has 28 heavy (non-hydrogen) atoms. The Balaban J connectivity index is 1.90. The quantitative estimate of drug-likeness (QED) is 0.489. The summed E-state index contributed by atoms with van der Waals surface area (Å²) in [6.07, 6.45) is 4.81. The highest BCUT2D eigenvalue weighted by molar-refractivity contribution is 7.13. The summed E-state index contributed by atoms with van der Waals surface area (Å²) >= 11 is 1.72. The summed E-state index contributed by atoms with van der Waals surface area (Å²) in [7, 11) is 6.61. The van der Waals surface area contributed by atoms with Gasteiger partial charge in [-0.15, -0.1) is 11.3 Å². The van der Waals surface area contributed by atoms with Crippen molar-refractivity contribution in [3.8, 4) is 33.4 Å². The van der Waals surface area contributed by atoms with Gasteiger partial charge in [0.2, 0.25) is 0 Å². The fraction of sp³-hybridized carbons (Fsp3) is 0.217. The number of benzene rings is 2. The van der Waals surface area contributed by atoms with Crippen LogP contribution >= 0.6 is 11.3 Å². The topological polar surface area (TPSA) is 36.9 Å². The Hall–Kier alpha value is -2.92. The standard InChI is InChI=1S/C23H24O4S/c1-24-18-14-21(26-3)19(22(15-18)27-4)8-5-7-16-13-17(10-11-20(16)25-2)23-9-6-12-28-23/h5-7,9-15H,8H2,1-4H3. The second kappa shape index (κ2) is 9.33. The summed E-state index contributed by atoms with van der Waals surface area (Å²) in [5.41, 5.74) is 3.17. The van der Waals surface area contributed by atoms with E-state index in [0.29, 0.717) is 12.2 Å². The molecular formula is C23H24O4S. The summed E-state index contributed by atoms with van der Waals surface area (Å²) in [6, 6.07) is 14.1. The molecule has 0 atom stereocenters. The lowest BCUT2D eigenvalue weighted by Crippen LogP contribution is -1.97. The van der Waals surface area contributed by atoms with Gasteiger partial charge >= 0.3 is 0 Å². The molecule has 1 heterocycles. The Kier molecular flexibility index (Phi) is 6.61. The van der Waals surface area contributed by atoms with Crippen LogP contribution in [0.5, 0.6) is 23.0 Å². The molecule has 146 valence electrons. The molecule has 1 aromatic heterocycles. The molecule has 0 bridgehead atoms. The third kappa shape index (κ3) is 4.31. The highest BCUT2D eigenvalue weighted by atomic mass is 32.1. The van der Waals surface area contributed by atoms with Crippen molar-refractivity contribution in [2.24, 2.45) is 0 Å². The second-order valence-corrected chi connectivity index (χ2v) is 7.00. The summed E-state index contributed by atoms with van der Waals surface area (Å²) < 4.78 is 21.9. The van der Waals surface area contributed by atoms with Crippen molar-refractivity contribution >= 4 is 17.4 Å². The van der Waals surface area contributed by atoms with E-state index in [9.17, 15) is 0 Å². The van der Waals surface area contributed by atoms with Crippen LogP contribution in [0, 0.1) is 0 Å². The largest absolute Gasteiger partial charge is 0.496 e. The minimum Gasteiger partial charge on any atom is -0.496 e. The highest BCUT2D eigenvalue weighted by Crippen LogP contribution is 2.35. The maximum Gasteiger partial charge on any atom is 0.129 e. The Morgan fingerprint density at radius 2 is 1.54 bits per heavy atom. The number of ether oxygens (including phenoxy) is 4. The van der Waals surface area contributed by atoms with Gasteiger partial charge in [-0.1, -0.05) is 18.2 Å². The predicted octanol–water partition coefficient (Wildman–Crippen LogP) is 5.71. The lowest BCUT2D eigenvalue weighted by Gasteiger charge is -2.14. The van der Waals surface area contributed by atoms with E-state index in [2.05, 4.69) is 41.8 Å². The first-order valence-electron chi connectivity index (χ1n) is 8.87. The number of hydrogen-bond donors (Lipinski definition) is 0. The van der Waals surface area contributed by atoms with Crippen molar-refractivity contribution in [3.05, 3.63) is 65.0 Å². The van der Waals surface area contributed by atoms with E-state index in [-0.39, 0.29) is 0 Å². The van der Waals surface area contributed by atoms with E-state index in [4.69, 9.17) is 18.9 Å². The molecule has 0 fully saturated rings. The van der Waals surface area contributed by atoms with Crippen LogP contribution in [-0.4, -0.2) is 28.4 Å². The van der Waals surface area contributed by atoms with Gasteiger partial charge in [0.1, 0.15) is 23.0 Å². The van der Waals surface area contributed by atoms with Gasteiger partial charge in [-0.3, -0.25) is 0 Å². The molecular weight excluding hydrogens is 372 g/mol. The predicted molar refractivity (Wildman–Crippen MR) is 115 cm³/mol. The summed E-state index contributed by atoms with van der Waals surface area (Å²) in [5.74, 6) is 3.01. The molecule has 5 heteroatoms. The second-order valence-electron chi connectivity index (χ2n) is 6.05. The van der Waals surface area contributed by atoms with Crippen molar-refractivity contribution in [2.75, 3.05) is 28.4 Å². The molecule has 0 aliphatic carbocycles. The molecule has 0 aliphatic rings. The fourth-order valence-electron chi connectivity index (χ4n) is 3.04. The van der Waals surface area contributed by atoms with E-state index in [1.54, 1.807) is 39.8 Å². The van der Waals surface area contributed by atoms with E-state index in [1.165, 1.54) is 10.4 Å². The molecule has 2 aromatic carbocycles. The van der Waals surface area contributed by atoms with Crippen LogP contribution < -0.4 is 18.9 Å². The van der Waals surface area contributed by atoms with Crippen LogP contribution in [0.25, 0.3) is 16.5 Å². The van der Waals surface area contributed by atoms with E-state index in [1.807, 2.05) is 18.2 Å². The maximum absolute atomic E-state index is 5.53. The number of methoxy groups -OCH3 is 4. The fourth-order valence-corrected chi connectivity index (χ4v) is 3.77. The molecule has 0 spiro atoms. The Morgan fingerprint density at radius 1 is 0.821 bits per heavy atom. The van der Waals surface area contributed by atoms with Crippen molar-refractivity contribution < 1.29 is 18.9 Å². The van der Waals surface area contributed by atoms with Crippen LogP contribution in [-0.2, 0) is 6.42 Å². The molecule has 0 amide bonds. The molecule has 0 unspecified atom stereocenters. The van der Waals surface area contributed by atoms with Gasteiger partial charge in [-0.25, -0.2) is 0 Å². The van der Waals surface area contributed by atoms with Gasteiger partial charge in [0.25, 0.3) is 0 Å². The minimum atomic E-state index is 0.655. The third-order valence-corrected chi connectivity index (χ3v) is 5.39. The lowest BCUT2D eigenvalue weighted by molar-refractivity contribution is 0.370. The SMILES string of the molecule is COc1cc(OC)c(CC=Cc2cc(-c3cccs3)ccc2OC)c(OC)c1. The molecule has 0 radical (unpaired) electrons. The van der Waals surface area contributed by atoms with Gasteiger partial charge < -0.3 is 18.9 Å². The van der Waals surface area contributed by atoms with Crippen LogP contribution in [0.4, 0.5) is 0 Å². The van der Waals surface area contributed by atoms with Gasteiger partial charge in [-0.2, -0.15) is 0 Å². The summed E-state index contributed by atoms with van der Waals surface area (Å²) in [5, 5.41) is 2.08. The smallest absolute Gasteiger partial charge is 0.129 e. The van der Waals surface area contributed by atoms with Gasteiger partial charge in [-0.05, 0) is 41.6 Å². The number of rotatable bonds is 8. The van der Waals surface area contributed by atoms with Crippen molar-refractivity contribution in [1.29, 1.82) is 0 Å². The first-order valence-corrected chi connectivity index (χ1v) is 9.75. The summed E-state index contributed by atoms with van der Waals surface area (Å²) in [6.45, 7) is 0. The van der Waals surface area contributed by atoms with Crippen LogP contribution in [0.15, 0.2) is 53.9 Å². The van der Waals surface area contributed by atoms with E-state index >= 15 is 0 Å². The zero-order valence-electron chi connectivity index (χ0n) is 16.5. The van der Waals surface area contributed by atoms with E-state index in [0.717, 1.165) is 28.4 Å². The van der Waals surface area contributed by atoms with Crippen LogP contribution in [0.2, 0.25) is 0 Å². The number of hydrogen-bond acceptors (Lipinski definition) is 5. The number of allylic oxidation sites excluding steroid dienone is 1. The van der Waals surface area contributed by atoms with Crippen molar-refractivity contribution in [3.63, 3.8) is 0 Å². The normalized spacial score (nSPS) is 10.9. The lowest BCUT2D eigenvalue weighted by atomic mass is 10.0. The van der Waals surface area contributed by atoms with Gasteiger partial charge in [0, 0.05) is 28.1 Å². The number of thiophene rings is 1. The third-order valence-electron chi connectivity index (χ3n) is 4.47. The molecule has 0 saturated carbocycles. The Morgan fingerprint density at radius 3 is 2.11 bits per heavy atom. The molecule has 0 saturated heterocycles. The van der Waals surface area contributed by atoms with Crippen molar-refractivity contribution in [1.82, 2.24) is 0 Å². The average Bonchev–Trinajstić information content (AvgIpc) is 3.28. The summed E-state index contributed by atoms with van der Waals surface area (Å²) in [4.78, 5) is 1.23. The zero-order valence-corrected chi connectivity index (χ0v) is 17.3. The highest BCUT2D eigenvalue weighted by Gasteiger charge is 2.12. The molecule has 4 nitrogen and oxygen atoms in total. The first kappa shape index (κ1) is 19.8. The first-order chi connectivity index (χ1) is 13.7. The average molecular weight is 397 g/mol. The molecule has 0 N–H and O–H groups in total. The minimum absolute atomic E-state index is 0.655.